The Kier molecular flexibility index (Phi) is 5.34. The lowest BCUT2D eigenvalue weighted by molar-refractivity contribution is 0.0702. The highest BCUT2D eigenvalue weighted by Gasteiger charge is 2.07. The van der Waals surface area contributed by atoms with Crippen LogP contribution in [-0.4, -0.2) is 34.1 Å². The molecule has 0 aliphatic carbocycles. The maximum absolute atomic E-state index is 10.7. The topological polar surface area (TPSA) is 37.3 Å². The molecule has 0 spiro atoms. The molecule has 0 saturated carbocycles. The number of rotatable bonds is 3. The van der Waals surface area contributed by atoms with Crippen molar-refractivity contribution >= 4 is 52.1 Å². The Morgan fingerprint density at radius 2 is 1.81 bits per heavy atom. The third-order valence-corrected chi connectivity index (χ3v) is 3.97. The predicted octanol–water partition coefficient (Wildman–Crippen LogP) is 2.68. The van der Waals surface area contributed by atoms with E-state index in [2.05, 4.69) is 0 Å². The van der Waals surface area contributed by atoms with E-state index in [4.69, 9.17) is 5.11 Å². The van der Waals surface area contributed by atoms with Crippen molar-refractivity contribution in [2.24, 2.45) is 0 Å². The van der Waals surface area contributed by atoms with E-state index in [0.29, 0.717) is 4.88 Å². The van der Waals surface area contributed by atoms with Gasteiger partial charge in [-0.2, -0.15) is 0 Å². The number of thiophene rings is 1. The van der Waals surface area contributed by atoms with Gasteiger partial charge in [-0.3, -0.25) is 0 Å². The zero-order valence-corrected chi connectivity index (χ0v) is 9.35. The monoisotopic (exact) mass is 262 g/mol. The van der Waals surface area contributed by atoms with Gasteiger partial charge in [-0.1, -0.05) is 30.0 Å². The summed E-state index contributed by atoms with van der Waals surface area (Å²) in [5, 5.41) is 8.77. The first-order valence-electron chi connectivity index (χ1n) is 4.32. The number of carbonyl (C=O) groups is 1. The van der Waals surface area contributed by atoms with Crippen molar-refractivity contribution in [3.8, 4) is 0 Å². The summed E-state index contributed by atoms with van der Waals surface area (Å²) in [4.78, 5) is 12.2. The van der Waals surface area contributed by atoms with E-state index < -0.39 is 5.97 Å². The lowest BCUT2D eigenvalue weighted by Gasteiger charge is -1.95. The fourth-order valence-electron chi connectivity index (χ4n) is 1.09. The van der Waals surface area contributed by atoms with E-state index in [-0.39, 0.29) is 23.1 Å². The molecule has 1 aromatic heterocycles. The number of hydrogen-bond acceptors (Lipinski definition) is 3. The minimum absolute atomic E-state index is 0. The van der Waals surface area contributed by atoms with Gasteiger partial charge >= 0.3 is 29.0 Å². The summed E-state index contributed by atoms with van der Waals surface area (Å²) in [6, 6.07) is 13.4. The second-order valence-corrected chi connectivity index (χ2v) is 5.30. The summed E-state index contributed by atoms with van der Waals surface area (Å²) < 4.78 is 0.999. The lowest BCUT2D eigenvalue weighted by Crippen LogP contribution is -1.89. The van der Waals surface area contributed by atoms with Gasteiger partial charge in [-0.15, -0.1) is 11.3 Å². The lowest BCUT2D eigenvalue weighted by atomic mass is 10.4. The van der Waals surface area contributed by atoms with E-state index >= 15 is 0 Å². The van der Waals surface area contributed by atoms with Crippen LogP contribution in [-0.2, 0) is 0 Å². The molecule has 0 amide bonds. The second kappa shape index (κ2) is 6.29. The smallest absolute Gasteiger partial charge is 0.345 e. The van der Waals surface area contributed by atoms with Gasteiger partial charge in [-0.25, -0.2) is 4.79 Å². The summed E-state index contributed by atoms with van der Waals surface area (Å²) in [7, 11) is 0. The molecule has 2 rings (SSSR count). The zero-order valence-electron chi connectivity index (χ0n) is 7.71. The summed E-state index contributed by atoms with van der Waals surface area (Å²) >= 11 is 2.88. The molecule has 0 fully saturated rings. The number of hydrogen-bond donors (Lipinski definition) is 1. The van der Waals surface area contributed by atoms with Crippen molar-refractivity contribution in [2.45, 2.75) is 9.10 Å². The van der Waals surface area contributed by atoms with Crippen LogP contribution in [0.25, 0.3) is 0 Å². The number of aromatic carboxylic acids is 1. The highest BCUT2D eigenvalue weighted by atomic mass is 32.2. The standard InChI is InChI=1S/C11H8O2S2.Mg.2H/c12-11(13)9-6-7-10(15-9)14-8-4-2-1-3-5-8;;;/h1-7H,(H,12,13);;;. The Labute approximate surface area is 118 Å². The van der Waals surface area contributed by atoms with Crippen LogP contribution in [0.4, 0.5) is 0 Å². The van der Waals surface area contributed by atoms with Crippen LogP contribution < -0.4 is 0 Å². The first kappa shape index (κ1) is 13.6. The maximum atomic E-state index is 10.7. The SMILES string of the molecule is O=C(O)c1ccc(Sc2ccccc2)s1.[MgH2]. The first-order valence-corrected chi connectivity index (χ1v) is 5.95. The zero-order chi connectivity index (χ0) is 10.7. The van der Waals surface area contributed by atoms with Gasteiger partial charge in [-0.05, 0) is 24.3 Å². The van der Waals surface area contributed by atoms with E-state index in [0.717, 1.165) is 9.10 Å². The second-order valence-electron chi connectivity index (χ2n) is 2.84. The van der Waals surface area contributed by atoms with Crippen LogP contribution >= 0.6 is 23.1 Å². The highest BCUT2D eigenvalue weighted by Crippen LogP contribution is 2.33. The molecule has 0 aliphatic heterocycles. The average molecular weight is 263 g/mol. The molecule has 0 aliphatic rings. The van der Waals surface area contributed by atoms with Crippen molar-refractivity contribution in [2.75, 3.05) is 0 Å². The third kappa shape index (κ3) is 3.52. The van der Waals surface area contributed by atoms with E-state index in [1.807, 2.05) is 36.4 Å². The van der Waals surface area contributed by atoms with Crippen molar-refractivity contribution in [1.29, 1.82) is 0 Å². The molecule has 0 atom stereocenters. The number of benzene rings is 1. The third-order valence-electron chi connectivity index (χ3n) is 1.75. The minimum Gasteiger partial charge on any atom is -0.477 e. The molecule has 1 aromatic carbocycles. The Morgan fingerprint density at radius 1 is 1.12 bits per heavy atom. The minimum atomic E-state index is -0.861. The molecular weight excluding hydrogens is 253 g/mol. The van der Waals surface area contributed by atoms with Crippen LogP contribution in [0, 0.1) is 0 Å². The number of carboxylic acid groups (broad SMARTS) is 1. The van der Waals surface area contributed by atoms with Gasteiger partial charge in [0, 0.05) is 4.90 Å². The first-order chi connectivity index (χ1) is 7.25. The molecule has 5 heteroatoms. The van der Waals surface area contributed by atoms with Gasteiger partial charge in [0.2, 0.25) is 0 Å². The summed E-state index contributed by atoms with van der Waals surface area (Å²) in [5.41, 5.74) is 0. The van der Waals surface area contributed by atoms with Crippen LogP contribution in [0.15, 0.2) is 51.6 Å². The molecule has 0 saturated heterocycles. The molecule has 80 valence electrons. The molecule has 0 unspecified atom stereocenters. The van der Waals surface area contributed by atoms with Gasteiger partial charge in [0.1, 0.15) is 4.88 Å². The van der Waals surface area contributed by atoms with Crippen molar-refractivity contribution in [3.05, 3.63) is 47.3 Å². The van der Waals surface area contributed by atoms with Gasteiger partial charge in [0.15, 0.2) is 0 Å². The average Bonchev–Trinajstić information content (AvgIpc) is 2.68. The Hall–Kier alpha value is -0.494. The molecule has 2 aromatic rings. The Morgan fingerprint density at radius 3 is 2.38 bits per heavy atom. The summed E-state index contributed by atoms with van der Waals surface area (Å²) in [5.74, 6) is -0.861. The summed E-state index contributed by atoms with van der Waals surface area (Å²) in [6.45, 7) is 0. The molecule has 2 nitrogen and oxygen atoms in total. The Bertz CT molecular complexity index is 468. The van der Waals surface area contributed by atoms with Crippen LogP contribution in [0.1, 0.15) is 9.67 Å². The summed E-state index contributed by atoms with van der Waals surface area (Å²) in [6.07, 6.45) is 0. The van der Waals surface area contributed by atoms with E-state index in [1.54, 1.807) is 17.8 Å². The van der Waals surface area contributed by atoms with Crippen molar-refractivity contribution in [3.63, 3.8) is 0 Å². The van der Waals surface area contributed by atoms with Crippen LogP contribution in [0.5, 0.6) is 0 Å². The molecule has 1 heterocycles. The highest BCUT2D eigenvalue weighted by molar-refractivity contribution is 8.01. The largest absolute Gasteiger partial charge is 0.477 e. The maximum Gasteiger partial charge on any atom is 0.345 e. The fourth-order valence-corrected chi connectivity index (χ4v) is 3.06. The quantitative estimate of drug-likeness (QED) is 0.864. The number of carboxylic acids is 1. The molecule has 0 radical (unpaired) electrons. The van der Waals surface area contributed by atoms with Crippen LogP contribution in [0.2, 0.25) is 0 Å². The fraction of sp³-hybridized carbons (Fsp3) is 0. The molecule has 0 bridgehead atoms. The van der Waals surface area contributed by atoms with E-state index in [1.165, 1.54) is 11.3 Å². The van der Waals surface area contributed by atoms with Gasteiger partial charge in [0.25, 0.3) is 0 Å². The van der Waals surface area contributed by atoms with Crippen LogP contribution in [0.3, 0.4) is 0 Å². The predicted molar refractivity (Wildman–Crippen MR) is 70.4 cm³/mol. The van der Waals surface area contributed by atoms with Gasteiger partial charge in [0.05, 0.1) is 4.21 Å². The van der Waals surface area contributed by atoms with Crippen molar-refractivity contribution < 1.29 is 9.90 Å². The molecule has 16 heavy (non-hydrogen) atoms. The van der Waals surface area contributed by atoms with E-state index in [9.17, 15) is 4.79 Å². The molecule has 1 N–H and O–H groups in total. The molecular formula is C11H10MgO2S2. The van der Waals surface area contributed by atoms with Crippen molar-refractivity contribution in [1.82, 2.24) is 0 Å². The Balaban J connectivity index is 0.00000128. The van der Waals surface area contributed by atoms with Gasteiger partial charge < -0.3 is 5.11 Å². The normalized spacial score (nSPS) is 9.50.